The standard InChI is InChI=1S/C17H19N5O3S2/c1-21(2)9-10-26-17-20-19-16(27-17)18-11-14-7-8-15(25-14)12-3-5-13(6-4-12)22(23)24/h3-8H,9-11H2,1-2H3,(H,18,19). The van der Waals surface area contributed by atoms with Gasteiger partial charge >= 0.3 is 0 Å². The topological polar surface area (TPSA) is 97.3 Å². The van der Waals surface area contributed by atoms with E-state index in [2.05, 4.69) is 20.4 Å². The van der Waals surface area contributed by atoms with Crippen molar-refractivity contribution in [1.82, 2.24) is 15.1 Å². The summed E-state index contributed by atoms with van der Waals surface area (Å²) in [5.74, 6) is 2.39. The number of furan rings is 1. The molecule has 1 aromatic carbocycles. The molecule has 0 amide bonds. The van der Waals surface area contributed by atoms with Crippen molar-refractivity contribution in [3.05, 3.63) is 52.3 Å². The molecule has 27 heavy (non-hydrogen) atoms. The first-order chi connectivity index (χ1) is 13.0. The normalized spacial score (nSPS) is 11.1. The fourth-order valence-corrected chi connectivity index (χ4v) is 4.12. The van der Waals surface area contributed by atoms with Crippen LogP contribution in [0.25, 0.3) is 11.3 Å². The highest BCUT2D eigenvalue weighted by molar-refractivity contribution is 8.01. The van der Waals surface area contributed by atoms with E-state index in [1.807, 2.05) is 26.2 Å². The molecule has 0 atom stereocenters. The summed E-state index contributed by atoms with van der Waals surface area (Å²) in [7, 11) is 4.09. The maximum absolute atomic E-state index is 10.7. The number of anilines is 1. The van der Waals surface area contributed by atoms with Crippen molar-refractivity contribution < 1.29 is 9.34 Å². The molecule has 0 aliphatic rings. The van der Waals surface area contributed by atoms with Gasteiger partial charge in [0.2, 0.25) is 5.13 Å². The summed E-state index contributed by atoms with van der Waals surface area (Å²) in [5, 5.41) is 23.0. The van der Waals surface area contributed by atoms with Gasteiger partial charge in [-0.25, -0.2) is 0 Å². The molecule has 2 heterocycles. The van der Waals surface area contributed by atoms with Crippen LogP contribution in [0.5, 0.6) is 0 Å². The number of hydrogen-bond donors (Lipinski definition) is 1. The van der Waals surface area contributed by atoms with Crippen molar-refractivity contribution in [3.8, 4) is 11.3 Å². The molecule has 0 aliphatic carbocycles. The number of rotatable bonds is 9. The summed E-state index contributed by atoms with van der Waals surface area (Å²) in [4.78, 5) is 12.4. The molecule has 2 aromatic heterocycles. The van der Waals surface area contributed by atoms with Gasteiger partial charge < -0.3 is 14.6 Å². The number of nitro groups is 1. The lowest BCUT2D eigenvalue weighted by molar-refractivity contribution is -0.384. The molecule has 10 heteroatoms. The smallest absolute Gasteiger partial charge is 0.269 e. The lowest BCUT2D eigenvalue weighted by Gasteiger charge is -2.06. The minimum atomic E-state index is -0.420. The van der Waals surface area contributed by atoms with Crippen molar-refractivity contribution in [3.63, 3.8) is 0 Å². The number of non-ortho nitro benzene ring substituents is 1. The summed E-state index contributed by atoms with van der Waals surface area (Å²) >= 11 is 3.20. The number of hydrogen-bond acceptors (Lipinski definition) is 9. The average molecular weight is 406 g/mol. The minimum Gasteiger partial charge on any atom is -0.459 e. The van der Waals surface area contributed by atoms with Crippen molar-refractivity contribution in [1.29, 1.82) is 0 Å². The van der Waals surface area contributed by atoms with Crippen LogP contribution in [-0.4, -0.2) is 46.4 Å². The van der Waals surface area contributed by atoms with Gasteiger partial charge in [0.15, 0.2) is 4.34 Å². The molecule has 0 saturated carbocycles. The molecule has 3 aromatic rings. The maximum Gasteiger partial charge on any atom is 0.269 e. The van der Waals surface area contributed by atoms with E-state index in [4.69, 9.17) is 4.42 Å². The molecule has 0 aliphatic heterocycles. The van der Waals surface area contributed by atoms with Crippen LogP contribution in [0, 0.1) is 10.1 Å². The zero-order valence-electron chi connectivity index (χ0n) is 14.9. The second-order valence-corrected chi connectivity index (χ2v) is 8.27. The summed E-state index contributed by atoms with van der Waals surface area (Å²) in [6.45, 7) is 1.48. The van der Waals surface area contributed by atoms with E-state index >= 15 is 0 Å². The Morgan fingerprint density at radius 1 is 1.22 bits per heavy atom. The highest BCUT2D eigenvalue weighted by atomic mass is 32.2. The Kier molecular flexibility index (Phi) is 6.43. The van der Waals surface area contributed by atoms with E-state index in [-0.39, 0.29) is 5.69 Å². The Hall–Kier alpha value is -2.43. The zero-order chi connectivity index (χ0) is 19.2. The van der Waals surface area contributed by atoms with E-state index in [1.165, 1.54) is 23.5 Å². The number of benzene rings is 1. The number of nitrogens with one attached hydrogen (secondary N) is 1. The van der Waals surface area contributed by atoms with E-state index < -0.39 is 4.92 Å². The minimum absolute atomic E-state index is 0.0581. The van der Waals surface area contributed by atoms with Crippen molar-refractivity contribution >= 4 is 33.9 Å². The second-order valence-electron chi connectivity index (χ2n) is 5.95. The van der Waals surface area contributed by atoms with E-state index in [1.54, 1.807) is 23.9 Å². The Balaban J connectivity index is 1.54. The Morgan fingerprint density at radius 3 is 2.70 bits per heavy atom. The molecular weight excluding hydrogens is 386 g/mol. The predicted molar refractivity (Wildman–Crippen MR) is 107 cm³/mol. The van der Waals surface area contributed by atoms with Crippen LogP contribution in [0.2, 0.25) is 0 Å². The molecule has 3 rings (SSSR count). The summed E-state index contributed by atoms with van der Waals surface area (Å²) in [5.41, 5.74) is 0.852. The highest BCUT2D eigenvalue weighted by Crippen LogP contribution is 2.27. The van der Waals surface area contributed by atoms with E-state index in [0.717, 1.165) is 33.1 Å². The maximum atomic E-state index is 10.7. The predicted octanol–water partition coefficient (Wildman–Crippen LogP) is 3.97. The van der Waals surface area contributed by atoms with Crippen molar-refractivity contribution in [2.75, 3.05) is 31.7 Å². The van der Waals surface area contributed by atoms with Crippen LogP contribution >= 0.6 is 23.1 Å². The monoisotopic (exact) mass is 405 g/mol. The fraction of sp³-hybridized carbons (Fsp3) is 0.294. The second kappa shape index (κ2) is 8.98. The number of nitro benzene ring substituents is 1. The summed E-state index contributed by atoms with van der Waals surface area (Å²) in [6, 6.07) is 10.0. The third-order valence-corrected chi connectivity index (χ3v) is 5.60. The van der Waals surface area contributed by atoms with E-state index in [0.29, 0.717) is 12.3 Å². The zero-order valence-corrected chi connectivity index (χ0v) is 16.5. The van der Waals surface area contributed by atoms with Crippen molar-refractivity contribution in [2.24, 2.45) is 0 Å². The molecule has 0 unspecified atom stereocenters. The van der Waals surface area contributed by atoms with Crippen LogP contribution in [0.3, 0.4) is 0 Å². The highest BCUT2D eigenvalue weighted by Gasteiger charge is 2.10. The van der Waals surface area contributed by atoms with Crippen LogP contribution in [0.4, 0.5) is 10.8 Å². The molecular formula is C17H19N5O3S2. The molecule has 0 saturated heterocycles. The fourth-order valence-electron chi connectivity index (χ4n) is 2.19. The first-order valence-corrected chi connectivity index (χ1v) is 10.00. The quantitative estimate of drug-likeness (QED) is 0.324. The lowest BCUT2D eigenvalue weighted by atomic mass is 10.1. The Bertz CT molecular complexity index is 892. The van der Waals surface area contributed by atoms with Gasteiger partial charge in [-0.1, -0.05) is 23.1 Å². The van der Waals surface area contributed by atoms with E-state index in [9.17, 15) is 10.1 Å². The van der Waals surface area contributed by atoms with Crippen LogP contribution in [-0.2, 0) is 6.54 Å². The number of aromatic nitrogens is 2. The summed E-state index contributed by atoms with van der Waals surface area (Å²) < 4.78 is 6.74. The van der Waals surface area contributed by atoms with Crippen LogP contribution in [0.1, 0.15) is 5.76 Å². The Labute approximate surface area is 164 Å². The average Bonchev–Trinajstić information content (AvgIpc) is 3.29. The third-order valence-electron chi connectivity index (χ3n) is 3.61. The summed E-state index contributed by atoms with van der Waals surface area (Å²) in [6.07, 6.45) is 0. The van der Waals surface area contributed by atoms with Gasteiger partial charge in [0.1, 0.15) is 11.5 Å². The van der Waals surface area contributed by atoms with Crippen LogP contribution in [0.15, 0.2) is 45.2 Å². The molecule has 142 valence electrons. The van der Waals surface area contributed by atoms with Gasteiger partial charge in [-0.2, -0.15) is 0 Å². The molecule has 0 fully saturated rings. The SMILES string of the molecule is CN(C)CCSc1nnc(NCc2ccc(-c3ccc([N+](=O)[O-])cc3)o2)s1. The Morgan fingerprint density at radius 2 is 2.00 bits per heavy atom. The van der Waals surface area contributed by atoms with Gasteiger partial charge in [-0.15, -0.1) is 10.2 Å². The molecule has 0 bridgehead atoms. The first kappa shape index (κ1) is 19.3. The number of thioether (sulfide) groups is 1. The van der Waals surface area contributed by atoms with Crippen molar-refractivity contribution in [2.45, 2.75) is 10.9 Å². The molecule has 0 radical (unpaired) electrons. The van der Waals surface area contributed by atoms with Gasteiger partial charge in [0.25, 0.3) is 5.69 Å². The van der Waals surface area contributed by atoms with Gasteiger partial charge in [0.05, 0.1) is 11.5 Å². The molecule has 0 spiro atoms. The largest absolute Gasteiger partial charge is 0.459 e. The molecule has 8 nitrogen and oxygen atoms in total. The van der Waals surface area contributed by atoms with Gasteiger partial charge in [0, 0.05) is 30.0 Å². The van der Waals surface area contributed by atoms with Gasteiger partial charge in [-0.3, -0.25) is 10.1 Å². The lowest BCUT2D eigenvalue weighted by Crippen LogP contribution is -2.14. The first-order valence-electron chi connectivity index (χ1n) is 8.20. The van der Waals surface area contributed by atoms with Gasteiger partial charge in [-0.05, 0) is 38.4 Å². The third kappa shape index (κ3) is 5.52. The number of nitrogens with zero attached hydrogens (tertiary/aromatic N) is 4. The van der Waals surface area contributed by atoms with Crippen LogP contribution < -0.4 is 5.32 Å². The molecule has 1 N–H and O–H groups in total.